The molecular formula is C18H21N7O2. The molecule has 0 unspecified atom stereocenters. The second-order valence-corrected chi connectivity index (χ2v) is 6.56. The van der Waals surface area contributed by atoms with E-state index in [4.69, 9.17) is 0 Å². The average Bonchev–Trinajstić information content (AvgIpc) is 3.31. The number of aromatic nitrogens is 6. The van der Waals surface area contributed by atoms with Crippen molar-refractivity contribution < 1.29 is 9.90 Å². The van der Waals surface area contributed by atoms with Gasteiger partial charge in [0.05, 0.1) is 6.54 Å². The molecule has 1 atom stereocenters. The van der Waals surface area contributed by atoms with Crippen molar-refractivity contribution in [2.75, 3.05) is 0 Å². The lowest BCUT2D eigenvalue weighted by atomic mass is 9.91. The van der Waals surface area contributed by atoms with Crippen LogP contribution in [0.5, 0.6) is 0 Å². The fourth-order valence-electron chi connectivity index (χ4n) is 3.54. The first-order valence-corrected chi connectivity index (χ1v) is 9.02. The van der Waals surface area contributed by atoms with E-state index >= 15 is 0 Å². The van der Waals surface area contributed by atoms with Gasteiger partial charge in [0.25, 0.3) is 0 Å². The molecule has 9 nitrogen and oxygen atoms in total. The summed E-state index contributed by atoms with van der Waals surface area (Å²) in [6.45, 7) is 3.21. The maximum Gasteiger partial charge on any atom is 0.356 e. The highest BCUT2D eigenvalue weighted by molar-refractivity contribution is 5.87. The number of aryl methyl sites for hydroxylation is 1. The third kappa shape index (κ3) is 3.45. The number of rotatable bonds is 6. The molecule has 3 N–H and O–H groups in total. The van der Waals surface area contributed by atoms with Crippen LogP contribution in [0.3, 0.4) is 0 Å². The van der Waals surface area contributed by atoms with Crippen LogP contribution in [0.4, 0.5) is 0 Å². The van der Waals surface area contributed by atoms with Crippen LogP contribution < -0.4 is 5.32 Å². The predicted molar refractivity (Wildman–Crippen MR) is 97.1 cm³/mol. The lowest BCUT2D eigenvalue weighted by Crippen LogP contribution is -2.35. The molecule has 140 valence electrons. The van der Waals surface area contributed by atoms with E-state index < -0.39 is 5.97 Å². The van der Waals surface area contributed by atoms with Crippen LogP contribution in [0.15, 0.2) is 24.5 Å². The van der Waals surface area contributed by atoms with Gasteiger partial charge in [-0.25, -0.2) is 9.78 Å². The summed E-state index contributed by atoms with van der Waals surface area (Å²) in [4.78, 5) is 20.0. The molecule has 0 radical (unpaired) electrons. The molecule has 0 saturated heterocycles. The third-order valence-corrected chi connectivity index (χ3v) is 4.88. The summed E-state index contributed by atoms with van der Waals surface area (Å²) in [5.74, 6) is 0.421. The van der Waals surface area contributed by atoms with Gasteiger partial charge in [-0.3, -0.25) is 14.8 Å². The number of fused-ring (bicyclic) bond motifs is 1. The number of hydrogen-bond acceptors (Lipinski definition) is 6. The zero-order chi connectivity index (χ0) is 18.8. The number of nitrogens with one attached hydrogen (secondary N) is 2. The number of carboxylic acids is 1. The van der Waals surface area contributed by atoms with Crippen LogP contribution in [0, 0.1) is 0 Å². The van der Waals surface area contributed by atoms with Crippen LogP contribution in [0.2, 0.25) is 0 Å². The van der Waals surface area contributed by atoms with Crippen LogP contribution in [0.1, 0.15) is 40.9 Å². The van der Waals surface area contributed by atoms with Crippen LogP contribution >= 0.6 is 0 Å². The zero-order valence-corrected chi connectivity index (χ0v) is 15.0. The number of carbonyl (C=O) groups is 1. The summed E-state index contributed by atoms with van der Waals surface area (Å²) in [5.41, 5.74) is 2.99. The number of aromatic amines is 1. The Morgan fingerprint density at radius 1 is 1.41 bits per heavy atom. The summed E-state index contributed by atoms with van der Waals surface area (Å²) in [7, 11) is 0. The normalized spacial score (nSPS) is 16.3. The monoisotopic (exact) mass is 367 g/mol. The van der Waals surface area contributed by atoms with Crippen molar-refractivity contribution in [3.63, 3.8) is 0 Å². The van der Waals surface area contributed by atoms with E-state index in [2.05, 4.69) is 30.6 Å². The molecule has 3 aromatic rings. The molecule has 27 heavy (non-hydrogen) atoms. The largest absolute Gasteiger partial charge is 0.476 e. The summed E-state index contributed by atoms with van der Waals surface area (Å²) in [6.07, 6.45) is 5.82. The highest BCUT2D eigenvalue weighted by atomic mass is 16.4. The quantitative estimate of drug-likeness (QED) is 0.602. The fraction of sp³-hybridized carbons (Fsp3) is 0.389. The zero-order valence-electron chi connectivity index (χ0n) is 15.0. The minimum Gasteiger partial charge on any atom is -0.476 e. The molecule has 1 aliphatic carbocycles. The summed E-state index contributed by atoms with van der Waals surface area (Å²) in [6, 6.07) is 3.91. The minimum absolute atomic E-state index is 0.179. The van der Waals surface area contributed by atoms with Crippen LogP contribution in [-0.2, 0) is 25.9 Å². The van der Waals surface area contributed by atoms with Gasteiger partial charge in [-0.05, 0) is 38.3 Å². The maximum atomic E-state index is 11.5. The van der Waals surface area contributed by atoms with E-state index in [1.165, 1.54) is 0 Å². The second-order valence-electron chi connectivity index (χ2n) is 6.56. The van der Waals surface area contributed by atoms with Crippen molar-refractivity contribution in [1.29, 1.82) is 0 Å². The fourth-order valence-corrected chi connectivity index (χ4v) is 3.54. The first-order chi connectivity index (χ1) is 13.2. The van der Waals surface area contributed by atoms with E-state index in [0.717, 1.165) is 35.5 Å². The molecular weight excluding hydrogens is 346 g/mol. The first kappa shape index (κ1) is 17.3. The van der Waals surface area contributed by atoms with Gasteiger partial charge in [0.15, 0.2) is 11.5 Å². The molecule has 1 aliphatic rings. The molecule has 0 spiro atoms. The van der Waals surface area contributed by atoms with Crippen molar-refractivity contribution in [3.05, 3.63) is 47.3 Å². The number of nitrogens with zero attached hydrogens (tertiary/aromatic N) is 5. The second kappa shape index (κ2) is 7.28. The summed E-state index contributed by atoms with van der Waals surface area (Å²) in [5, 5.41) is 24.3. The molecule has 3 aromatic heterocycles. The Morgan fingerprint density at radius 3 is 2.96 bits per heavy atom. The Labute approximate surface area is 155 Å². The highest BCUT2D eigenvalue weighted by Crippen LogP contribution is 2.25. The highest BCUT2D eigenvalue weighted by Gasteiger charge is 2.28. The van der Waals surface area contributed by atoms with Gasteiger partial charge in [-0.1, -0.05) is 0 Å². The molecule has 0 saturated carbocycles. The van der Waals surface area contributed by atoms with E-state index in [1.807, 2.05) is 23.7 Å². The molecule has 0 bridgehead atoms. The number of carboxylic acid groups (broad SMARTS) is 1. The standard InChI is InChI=1S/C18H21N7O2/c1-2-25-14-4-3-12(9-13(14)16(24-25)18(26)27)20-10-15-21-17(23-22-15)11-5-7-19-8-6-11/h5-8,12,20H,2-4,9-10H2,1H3,(H,26,27)(H,21,22,23)/t12-/m1/s1. The molecule has 0 fully saturated rings. The Kier molecular flexibility index (Phi) is 4.68. The molecule has 0 amide bonds. The van der Waals surface area contributed by atoms with Crippen molar-refractivity contribution in [2.45, 2.75) is 45.3 Å². The van der Waals surface area contributed by atoms with Crippen molar-refractivity contribution in [2.24, 2.45) is 0 Å². The smallest absolute Gasteiger partial charge is 0.356 e. The molecule has 0 aliphatic heterocycles. The summed E-state index contributed by atoms with van der Waals surface area (Å²) < 4.78 is 1.81. The van der Waals surface area contributed by atoms with Crippen LogP contribution in [-0.4, -0.2) is 47.1 Å². The minimum atomic E-state index is -0.962. The maximum absolute atomic E-state index is 11.5. The van der Waals surface area contributed by atoms with Crippen molar-refractivity contribution >= 4 is 5.97 Å². The number of pyridine rings is 1. The Bertz CT molecular complexity index is 948. The SMILES string of the molecule is CCn1nc(C(=O)O)c2c1CC[C@@H](NCc1nc(-c3ccncc3)n[nH]1)C2. The Morgan fingerprint density at radius 2 is 2.22 bits per heavy atom. The predicted octanol–water partition coefficient (Wildman–Crippen LogP) is 1.43. The van der Waals surface area contributed by atoms with E-state index in [9.17, 15) is 9.90 Å². The van der Waals surface area contributed by atoms with Crippen molar-refractivity contribution in [3.8, 4) is 11.4 Å². The number of H-pyrrole nitrogens is 1. The third-order valence-electron chi connectivity index (χ3n) is 4.88. The van der Waals surface area contributed by atoms with Gasteiger partial charge in [0.1, 0.15) is 5.82 Å². The van der Waals surface area contributed by atoms with Crippen LogP contribution in [0.25, 0.3) is 11.4 Å². The van der Waals surface area contributed by atoms with Gasteiger partial charge < -0.3 is 10.4 Å². The topological polar surface area (TPSA) is 122 Å². The first-order valence-electron chi connectivity index (χ1n) is 9.02. The number of aromatic carboxylic acids is 1. The van der Waals surface area contributed by atoms with Gasteiger partial charge in [-0.15, -0.1) is 0 Å². The van der Waals surface area contributed by atoms with Gasteiger partial charge >= 0.3 is 5.97 Å². The van der Waals surface area contributed by atoms with Crippen molar-refractivity contribution in [1.82, 2.24) is 35.3 Å². The van der Waals surface area contributed by atoms with E-state index in [0.29, 0.717) is 25.3 Å². The van der Waals surface area contributed by atoms with E-state index in [-0.39, 0.29) is 11.7 Å². The molecule has 9 heteroatoms. The van der Waals surface area contributed by atoms with E-state index in [1.54, 1.807) is 12.4 Å². The lowest BCUT2D eigenvalue weighted by molar-refractivity contribution is 0.0688. The van der Waals surface area contributed by atoms with Gasteiger partial charge in [0.2, 0.25) is 0 Å². The van der Waals surface area contributed by atoms with Gasteiger partial charge in [-0.2, -0.15) is 10.2 Å². The molecule has 3 heterocycles. The molecule has 4 rings (SSSR count). The molecule has 0 aromatic carbocycles. The van der Waals surface area contributed by atoms with Gasteiger partial charge in [0, 0.05) is 41.8 Å². The Balaban J connectivity index is 1.43. The Hall–Kier alpha value is -3.07. The summed E-state index contributed by atoms with van der Waals surface area (Å²) >= 11 is 0. The number of hydrogen-bond donors (Lipinski definition) is 3. The lowest BCUT2D eigenvalue weighted by Gasteiger charge is -2.23. The average molecular weight is 367 g/mol.